The molecule has 1 saturated heterocycles. The Kier molecular flexibility index (Phi) is 4.57. The van der Waals surface area contributed by atoms with E-state index in [1.54, 1.807) is 6.07 Å². The van der Waals surface area contributed by atoms with Crippen LogP contribution in [-0.4, -0.2) is 47.4 Å². The van der Waals surface area contributed by atoms with Crippen LogP contribution in [0, 0.1) is 5.82 Å². The molecule has 0 radical (unpaired) electrons. The summed E-state index contributed by atoms with van der Waals surface area (Å²) in [4.78, 5) is 2.22. The Morgan fingerprint density at radius 2 is 1.95 bits per heavy atom. The second-order valence-corrected chi connectivity index (χ2v) is 5.18. The fourth-order valence-electron chi connectivity index (χ4n) is 2.56. The van der Waals surface area contributed by atoms with Crippen molar-refractivity contribution in [1.82, 2.24) is 4.90 Å². The SMILES string of the molecule is C[C@@H]1CN(Cc2ccc(F)c(B(O)O)c2)C[C@H](C)O1. The normalized spacial score (nSPS) is 24.5. The molecule has 2 rings (SSSR count). The van der Waals surface area contributed by atoms with Gasteiger partial charge in [-0.15, -0.1) is 0 Å². The summed E-state index contributed by atoms with van der Waals surface area (Å²) in [6.07, 6.45) is 0.346. The highest BCUT2D eigenvalue weighted by molar-refractivity contribution is 6.58. The highest BCUT2D eigenvalue weighted by atomic mass is 19.1. The minimum atomic E-state index is -1.78. The van der Waals surface area contributed by atoms with Gasteiger partial charge >= 0.3 is 7.12 Å². The molecule has 0 unspecified atom stereocenters. The maximum Gasteiger partial charge on any atom is 0.491 e. The molecule has 0 amide bonds. The van der Waals surface area contributed by atoms with Crippen molar-refractivity contribution in [1.29, 1.82) is 0 Å². The van der Waals surface area contributed by atoms with Gasteiger partial charge in [0.05, 0.1) is 12.2 Å². The molecule has 104 valence electrons. The second kappa shape index (κ2) is 6.01. The Hall–Kier alpha value is -0.945. The molecule has 2 N–H and O–H groups in total. The fourth-order valence-corrected chi connectivity index (χ4v) is 2.56. The topological polar surface area (TPSA) is 52.9 Å². The van der Waals surface area contributed by atoms with Crippen LogP contribution in [0.2, 0.25) is 0 Å². The number of hydrogen-bond acceptors (Lipinski definition) is 4. The molecule has 0 aromatic heterocycles. The molecule has 1 aromatic carbocycles. The lowest BCUT2D eigenvalue weighted by atomic mass is 9.79. The first-order chi connectivity index (χ1) is 8.95. The zero-order valence-corrected chi connectivity index (χ0v) is 11.2. The Balaban J connectivity index is 2.08. The molecule has 4 nitrogen and oxygen atoms in total. The van der Waals surface area contributed by atoms with Gasteiger partial charge in [-0.2, -0.15) is 0 Å². The van der Waals surface area contributed by atoms with Crippen LogP contribution in [0.25, 0.3) is 0 Å². The molecule has 2 atom stereocenters. The molecule has 0 aliphatic carbocycles. The molecule has 1 aromatic rings. The number of benzene rings is 1. The summed E-state index contributed by atoms with van der Waals surface area (Å²) < 4.78 is 19.0. The summed E-state index contributed by atoms with van der Waals surface area (Å²) in [6.45, 7) is 6.34. The van der Waals surface area contributed by atoms with Gasteiger partial charge in [0.15, 0.2) is 0 Å². The minimum Gasteiger partial charge on any atom is -0.423 e. The Bertz CT molecular complexity index is 434. The number of nitrogens with zero attached hydrogens (tertiary/aromatic N) is 1. The number of hydrogen-bond donors (Lipinski definition) is 2. The first-order valence-corrected chi connectivity index (χ1v) is 6.48. The van der Waals surface area contributed by atoms with E-state index in [0.717, 1.165) is 18.7 Å². The van der Waals surface area contributed by atoms with Crippen LogP contribution in [-0.2, 0) is 11.3 Å². The molecule has 6 heteroatoms. The largest absolute Gasteiger partial charge is 0.491 e. The first kappa shape index (κ1) is 14.5. The van der Waals surface area contributed by atoms with Gasteiger partial charge in [0.25, 0.3) is 0 Å². The summed E-state index contributed by atoms with van der Waals surface area (Å²) in [5, 5.41) is 18.2. The lowest BCUT2D eigenvalue weighted by Crippen LogP contribution is -2.45. The number of rotatable bonds is 3. The van der Waals surface area contributed by atoms with Gasteiger partial charge in [-0.05, 0) is 25.5 Å². The Labute approximate surface area is 113 Å². The third-order valence-electron chi connectivity index (χ3n) is 3.24. The first-order valence-electron chi connectivity index (χ1n) is 6.48. The lowest BCUT2D eigenvalue weighted by Gasteiger charge is -2.35. The van der Waals surface area contributed by atoms with Crippen LogP contribution in [0.3, 0.4) is 0 Å². The van der Waals surface area contributed by atoms with E-state index in [1.807, 2.05) is 13.8 Å². The van der Waals surface area contributed by atoms with Crippen LogP contribution in [0.5, 0.6) is 0 Å². The van der Waals surface area contributed by atoms with Crippen molar-refractivity contribution in [2.45, 2.75) is 32.6 Å². The van der Waals surface area contributed by atoms with Crippen molar-refractivity contribution in [3.63, 3.8) is 0 Å². The maximum atomic E-state index is 13.4. The van der Waals surface area contributed by atoms with Gasteiger partial charge < -0.3 is 14.8 Å². The van der Waals surface area contributed by atoms with Gasteiger partial charge in [0.2, 0.25) is 0 Å². The molecule has 1 aliphatic heterocycles. The third kappa shape index (κ3) is 3.76. The van der Waals surface area contributed by atoms with Crippen molar-refractivity contribution in [3.8, 4) is 0 Å². The Morgan fingerprint density at radius 1 is 1.32 bits per heavy atom. The lowest BCUT2D eigenvalue weighted by molar-refractivity contribution is -0.0704. The smallest absolute Gasteiger partial charge is 0.423 e. The van der Waals surface area contributed by atoms with Gasteiger partial charge in [0, 0.05) is 25.1 Å². The molecule has 1 aliphatic rings. The highest BCUT2D eigenvalue weighted by Gasteiger charge is 2.23. The van der Waals surface area contributed by atoms with E-state index >= 15 is 0 Å². The van der Waals surface area contributed by atoms with E-state index < -0.39 is 12.9 Å². The predicted molar refractivity (Wildman–Crippen MR) is 71.5 cm³/mol. The number of morpholine rings is 1. The fraction of sp³-hybridized carbons (Fsp3) is 0.538. The van der Waals surface area contributed by atoms with Gasteiger partial charge in [-0.25, -0.2) is 4.39 Å². The molecule has 0 saturated carbocycles. The van der Waals surface area contributed by atoms with Crippen molar-refractivity contribution >= 4 is 12.6 Å². The second-order valence-electron chi connectivity index (χ2n) is 5.18. The summed E-state index contributed by atoms with van der Waals surface area (Å²) in [5.41, 5.74) is 0.789. The molecule has 1 heterocycles. The quantitative estimate of drug-likeness (QED) is 0.763. The van der Waals surface area contributed by atoms with E-state index in [9.17, 15) is 4.39 Å². The van der Waals surface area contributed by atoms with E-state index in [1.165, 1.54) is 12.1 Å². The van der Waals surface area contributed by atoms with Crippen LogP contribution >= 0.6 is 0 Å². The van der Waals surface area contributed by atoms with Gasteiger partial charge in [-0.3, -0.25) is 4.90 Å². The summed E-state index contributed by atoms with van der Waals surface area (Å²) in [6, 6.07) is 4.45. The third-order valence-corrected chi connectivity index (χ3v) is 3.24. The number of ether oxygens (including phenoxy) is 1. The summed E-state index contributed by atoms with van der Waals surface area (Å²) >= 11 is 0. The van der Waals surface area contributed by atoms with Crippen LogP contribution in [0.1, 0.15) is 19.4 Å². The molecule has 0 spiro atoms. The van der Waals surface area contributed by atoms with Crippen molar-refractivity contribution in [2.75, 3.05) is 13.1 Å². The molecular formula is C13H19BFNO3. The van der Waals surface area contributed by atoms with E-state index in [2.05, 4.69) is 4.90 Å². The zero-order chi connectivity index (χ0) is 14.0. The molecular weight excluding hydrogens is 248 g/mol. The van der Waals surface area contributed by atoms with E-state index in [4.69, 9.17) is 14.8 Å². The van der Waals surface area contributed by atoms with Gasteiger partial charge in [0.1, 0.15) is 5.82 Å². The average Bonchev–Trinajstić information content (AvgIpc) is 2.30. The molecule has 0 bridgehead atoms. The number of halogens is 1. The van der Waals surface area contributed by atoms with Crippen molar-refractivity contribution in [2.24, 2.45) is 0 Å². The van der Waals surface area contributed by atoms with Crippen LogP contribution in [0.4, 0.5) is 4.39 Å². The van der Waals surface area contributed by atoms with E-state index in [-0.39, 0.29) is 17.7 Å². The predicted octanol–water partition coefficient (Wildman–Crippen LogP) is 0.115. The average molecular weight is 267 g/mol. The summed E-state index contributed by atoms with van der Waals surface area (Å²) in [7, 11) is -1.78. The van der Waals surface area contributed by atoms with Crippen molar-refractivity contribution in [3.05, 3.63) is 29.6 Å². The summed E-state index contributed by atoms with van der Waals surface area (Å²) in [5.74, 6) is -0.595. The maximum absolute atomic E-state index is 13.4. The van der Waals surface area contributed by atoms with E-state index in [0.29, 0.717) is 6.54 Å². The van der Waals surface area contributed by atoms with Crippen LogP contribution < -0.4 is 5.46 Å². The van der Waals surface area contributed by atoms with Gasteiger partial charge in [-0.1, -0.05) is 12.1 Å². The standard InChI is InChI=1S/C13H19BFNO3/c1-9-6-16(7-10(2)19-9)8-11-3-4-13(15)12(5-11)14(17)18/h3-5,9-10,17-18H,6-8H2,1-2H3/t9-,10+. The Morgan fingerprint density at radius 3 is 2.53 bits per heavy atom. The molecule has 1 fully saturated rings. The minimum absolute atomic E-state index is 0.0770. The zero-order valence-electron chi connectivity index (χ0n) is 11.2. The monoisotopic (exact) mass is 267 g/mol. The van der Waals surface area contributed by atoms with Crippen molar-refractivity contribution < 1.29 is 19.2 Å². The van der Waals surface area contributed by atoms with Crippen LogP contribution in [0.15, 0.2) is 18.2 Å². The molecule has 19 heavy (non-hydrogen) atoms. The highest BCUT2D eigenvalue weighted by Crippen LogP contribution is 2.14.